The average Bonchev–Trinajstić information content (AvgIpc) is 3.39. The Morgan fingerprint density at radius 2 is 2.03 bits per heavy atom. The highest BCUT2D eigenvalue weighted by molar-refractivity contribution is 6.01. The lowest BCUT2D eigenvalue weighted by molar-refractivity contribution is -0.119. The minimum absolute atomic E-state index is 0.118. The lowest BCUT2D eigenvalue weighted by Crippen LogP contribution is -2.43. The number of hydrogen-bond acceptors (Lipinski definition) is 5. The Kier molecular flexibility index (Phi) is 4.94. The van der Waals surface area contributed by atoms with E-state index in [1.54, 1.807) is 23.1 Å². The maximum Gasteiger partial charge on any atom is 0.254 e. The van der Waals surface area contributed by atoms with Crippen LogP contribution in [0.2, 0.25) is 0 Å². The normalized spacial score (nSPS) is 18.2. The molecule has 1 aromatic heterocycles. The van der Waals surface area contributed by atoms with E-state index in [0.29, 0.717) is 35.8 Å². The molecular formula is C21H26N4O4. The quantitative estimate of drug-likeness (QED) is 0.825. The van der Waals surface area contributed by atoms with Crippen molar-refractivity contribution < 1.29 is 19.1 Å². The monoisotopic (exact) mass is 398 g/mol. The number of likely N-dealkylation sites (tertiary alicyclic amines) is 1. The van der Waals surface area contributed by atoms with Gasteiger partial charge in [-0.2, -0.15) is 5.10 Å². The third kappa shape index (κ3) is 4.21. The molecule has 1 aromatic carbocycles. The minimum Gasteiger partial charge on any atom is -0.454 e. The summed E-state index contributed by atoms with van der Waals surface area (Å²) < 4.78 is 10.7. The highest BCUT2D eigenvalue weighted by Crippen LogP contribution is 2.33. The Morgan fingerprint density at radius 1 is 1.24 bits per heavy atom. The van der Waals surface area contributed by atoms with Crippen LogP contribution < -0.4 is 14.8 Å². The molecule has 0 radical (unpaired) electrons. The number of aromatic amines is 1. The molecule has 2 aromatic rings. The number of ether oxygens (including phenoxy) is 2. The second-order valence-electron chi connectivity index (χ2n) is 8.73. The molecule has 2 aliphatic heterocycles. The van der Waals surface area contributed by atoms with Crippen LogP contribution in [0.4, 0.5) is 5.82 Å². The van der Waals surface area contributed by atoms with E-state index in [4.69, 9.17) is 9.47 Å². The molecule has 0 spiro atoms. The first-order valence-electron chi connectivity index (χ1n) is 9.86. The average molecular weight is 398 g/mol. The molecule has 0 bridgehead atoms. The molecule has 29 heavy (non-hydrogen) atoms. The largest absolute Gasteiger partial charge is 0.454 e. The SMILES string of the molecule is CC(C)(C)Cc1cc(NC(=O)C2CCCN2C(=O)c2ccc3c(c2)OCO3)n[nH]1. The zero-order valence-corrected chi connectivity index (χ0v) is 16.9. The van der Waals surface area contributed by atoms with Crippen LogP contribution in [0.3, 0.4) is 0 Å². The summed E-state index contributed by atoms with van der Waals surface area (Å²) in [5.41, 5.74) is 1.57. The number of anilines is 1. The molecule has 2 N–H and O–H groups in total. The molecule has 8 heteroatoms. The van der Waals surface area contributed by atoms with Crippen molar-refractivity contribution in [3.05, 3.63) is 35.5 Å². The van der Waals surface area contributed by atoms with Gasteiger partial charge < -0.3 is 19.7 Å². The Balaban J connectivity index is 1.44. The highest BCUT2D eigenvalue weighted by atomic mass is 16.7. The van der Waals surface area contributed by atoms with E-state index in [1.807, 2.05) is 6.07 Å². The van der Waals surface area contributed by atoms with Gasteiger partial charge in [-0.25, -0.2) is 0 Å². The molecule has 2 aliphatic rings. The number of rotatable bonds is 4. The van der Waals surface area contributed by atoms with Crippen molar-refractivity contribution in [2.75, 3.05) is 18.7 Å². The maximum atomic E-state index is 13.0. The van der Waals surface area contributed by atoms with Gasteiger partial charge in [-0.3, -0.25) is 14.7 Å². The zero-order chi connectivity index (χ0) is 20.6. The van der Waals surface area contributed by atoms with E-state index in [9.17, 15) is 9.59 Å². The van der Waals surface area contributed by atoms with Gasteiger partial charge in [0.25, 0.3) is 5.91 Å². The molecule has 1 unspecified atom stereocenters. The number of carbonyl (C=O) groups is 2. The van der Waals surface area contributed by atoms with Crippen molar-refractivity contribution in [2.45, 2.75) is 46.1 Å². The fourth-order valence-electron chi connectivity index (χ4n) is 3.77. The highest BCUT2D eigenvalue weighted by Gasteiger charge is 2.35. The van der Waals surface area contributed by atoms with Crippen LogP contribution in [0.15, 0.2) is 24.3 Å². The number of nitrogens with one attached hydrogen (secondary N) is 2. The summed E-state index contributed by atoms with van der Waals surface area (Å²) in [4.78, 5) is 27.5. The van der Waals surface area contributed by atoms with Gasteiger partial charge in [0.05, 0.1) is 0 Å². The van der Waals surface area contributed by atoms with E-state index in [-0.39, 0.29) is 24.0 Å². The molecule has 1 fully saturated rings. The molecule has 2 amide bonds. The Labute approximate surface area is 169 Å². The first-order valence-corrected chi connectivity index (χ1v) is 9.86. The van der Waals surface area contributed by atoms with Crippen LogP contribution in [-0.2, 0) is 11.2 Å². The van der Waals surface area contributed by atoms with Crippen molar-refractivity contribution in [3.8, 4) is 11.5 Å². The predicted octanol–water partition coefficient (Wildman–Crippen LogP) is 2.97. The topological polar surface area (TPSA) is 96.6 Å². The third-order valence-electron chi connectivity index (χ3n) is 5.04. The standard InChI is InChI=1S/C21H26N4O4/c1-21(2,3)11-14-10-18(24-23-14)22-19(26)15-5-4-8-25(15)20(27)13-6-7-16-17(9-13)29-12-28-16/h6-7,9-10,15H,4-5,8,11-12H2,1-3H3,(H2,22,23,24,26). The summed E-state index contributed by atoms with van der Waals surface area (Å²) >= 11 is 0. The lowest BCUT2D eigenvalue weighted by atomic mass is 9.91. The smallest absolute Gasteiger partial charge is 0.254 e. The van der Waals surface area contributed by atoms with Crippen LogP contribution in [0.25, 0.3) is 0 Å². The third-order valence-corrected chi connectivity index (χ3v) is 5.04. The number of amides is 2. The summed E-state index contributed by atoms with van der Waals surface area (Å²) in [6, 6.07) is 6.43. The van der Waals surface area contributed by atoms with E-state index < -0.39 is 6.04 Å². The van der Waals surface area contributed by atoms with Crippen LogP contribution >= 0.6 is 0 Å². The van der Waals surface area contributed by atoms with E-state index in [1.165, 1.54) is 0 Å². The first kappa shape index (κ1) is 19.3. The molecule has 0 aliphatic carbocycles. The van der Waals surface area contributed by atoms with E-state index >= 15 is 0 Å². The molecule has 1 saturated heterocycles. The van der Waals surface area contributed by atoms with Crippen molar-refractivity contribution in [2.24, 2.45) is 5.41 Å². The molecule has 8 nitrogen and oxygen atoms in total. The first-order chi connectivity index (χ1) is 13.8. The fourth-order valence-corrected chi connectivity index (χ4v) is 3.77. The predicted molar refractivity (Wildman–Crippen MR) is 107 cm³/mol. The van der Waals surface area contributed by atoms with Crippen LogP contribution in [0.5, 0.6) is 11.5 Å². The number of H-pyrrole nitrogens is 1. The van der Waals surface area contributed by atoms with E-state index in [2.05, 4.69) is 36.3 Å². The molecule has 4 rings (SSSR count). The van der Waals surface area contributed by atoms with Gasteiger partial charge in [-0.1, -0.05) is 20.8 Å². The van der Waals surface area contributed by atoms with Crippen molar-refractivity contribution in [1.82, 2.24) is 15.1 Å². The van der Waals surface area contributed by atoms with Gasteiger partial charge in [0.1, 0.15) is 6.04 Å². The Hall–Kier alpha value is -3.03. The van der Waals surface area contributed by atoms with E-state index in [0.717, 1.165) is 18.5 Å². The van der Waals surface area contributed by atoms with Gasteiger partial charge in [0.2, 0.25) is 12.7 Å². The fraction of sp³-hybridized carbons (Fsp3) is 0.476. The van der Waals surface area contributed by atoms with Crippen LogP contribution in [-0.4, -0.2) is 46.3 Å². The number of benzene rings is 1. The number of hydrogen-bond donors (Lipinski definition) is 2. The Bertz CT molecular complexity index is 931. The van der Waals surface area contributed by atoms with Crippen molar-refractivity contribution in [1.29, 1.82) is 0 Å². The number of fused-ring (bicyclic) bond motifs is 1. The molecule has 1 atom stereocenters. The Morgan fingerprint density at radius 3 is 2.83 bits per heavy atom. The van der Waals surface area contributed by atoms with Gasteiger partial charge in [0.15, 0.2) is 17.3 Å². The molecule has 0 saturated carbocycles. The summed E-state index contributed by atoms with van der Waals surface area (Å²) in [5.74, 6) is 1.26. The molecule has 154 valence electrons. The van der Waals surface area contributed by atoms with Crippen LogP contribution in [0.1, 0.15) is 49.7 Å². The van der Waals surface area contributed by atoms with Gasteiger partial charge in [0, 0.05) is 23.9 Å². The zero-order valence-electron chi connectivity index (χ0n) is 16.9. The summed E-state index contributed by atoms with van der Waals surface area (Å²) in [6.07, 6.45) is 2.24. The van der Waals surface area contributed by atoms with Crippen molar-refractivity contribution >= 4 is 17.6 Å². The number of nitrogens with zero attached hydrogens (tertiary/aromatic N) is 2. The van der Waals surface area contributed by atoms with Gasteiger partial charge in [-0.15, -0.1) is 0 Å². The van der Waals surface area contributed by atoms with Gasteiger partial charge in [-0.05, 0) is 42.9 Å². The summed E-state index contributed by atoms with van der Waals surface area (Å²) in [7, 11) is 0. The second kappa shape index (κ2) is 7.42. The number of aromatic nitrogens is 2. The molecule has 3 heterocycles. The summed E-state index contributed by atoms with van der Waals surface area (Å²) in [5, 5.41) is 10.0. The van der Waals surface area contributed by atoms with Crippen LogP contribution in [0, 0.1) is 5.41 Å². The van der Waals surface area contributed by atoms with Gasteiger partial charge >= 0.3 is 0 Å². The second-order valence-corrected chi connectivity index (χ2v) is 8.73. The summed E-state index contributed by atoms with van der Waals surface area (Å²) in [6.45, 7) is 7.13. The van der Waals surface area contributed by atoms with Crippen molar-refractivity contribution in [3.63, 3.8) is 0 Å². The number of carbonyl (C=O) groups excluding carboxylic acids is 2. The maximum absolute atomic E-state index is 13.0. The molecular weight excluding hydrogens is 372 g/mol. The minimum atomic E-state index is -0.518. The lowest BCUT2D eigenvalue weighted by Gasteiger charge is -2.23.